The Hall–Kier alpha value is -0.610. The Kier molecular flexibility index (Phi) is 10.9. The molecule has 1 aliphatic rings. The summed E-state index contributed by atoms with van der Waals surface area (Å²) < 4.78 is 5.24. The van der Waals surface area contributed by atoms with E-state index in [-0.39, 0.29) is 5.91 Å². The summed E-state index contributed by atoms with van der Waals surface area (Å²) in [4.78, 5) is 16.3. The van der Waals surface area contributed by atoms with Crippen molar-refractivity contribution in [3.05, 3.63) is 0 Å². The van der Waals surface area contributed by atoms with E-state index in [1.165, 1.54) is 0 Å². The maximum absolute atomic E-state index is 11.9. The summed E-state index contributed by atoms with van der Waals surface area (Å²) in [7, 11) is 0. The van der Waals surface area contributed by atoms with E-state index in [0.717, 1.165) is 39.2 Å². The minimum Gasteiger partial charge on any atom is -0.382 e. The van der Waals surface area contributed by atoms with Gasteiger partial charge < -0.3 is 9.64 Å². The van der Waals surface area contributed by atoms with E-state index < -0.39 is 0 Å². The van der Waals surface area contributed by atoms with Crippen molar-refractivity contribution in [3.63, 3.8) is 0 Å². The Morgan fingerprint density at radius 3 is 2.21 bits per heavy atom. The van der Waals surface area contributed by atoms with Crippen molar-refractivity contribution < 1.29 is 9.53 Å². The van der Waals surface area contributed by atoms with Gasteiger partial charge in [-0.05, 0) is 27.2 Å². The molecular formula is C15H32N2O2. The van der Waals surface area contributed by atoms with E-state index >= 15 is 0 Å². The van der Waals surface area contributed by atoms with E-state index in [4.69, 9.17) is 4.74 Å². The minimum atomic E-state index is 0.285. The lowest BCUT2D eigenvalue weighted by molar-refractivity contribution is -0.133. The zero-order valence-electron chi connectivity index (χ0n) is 13.4. The summed E-state index contributed by atoms with van der Waals surface area (Å²) in [5, 5.41) is 0. The normalized spacial score (nSPS) is 16.2. The number of hydrogen-bond acceptors (Lipinski definition) is 3. The first kappa shape index (κ1) is 18.4. The van der Waals surface area contributed by atoms with E-state index in [9.17, 15) is 4.79 Å². The molecule has 0 bridgehead atoms. The molecule has 0 saturated carbocycles. The highest BCUT2D eigenvalue weighted by atomic mass is 16.5. The number of ether oxygens (including phenoxy) is 1. The minimum absolute atomic E-state index is 0.285. The molecule has 0 radical (unpaired) electrons. The fourth-order valence-electron chi connectivity index (χ4n) is 2.12. The number of carbonyl (C=O) groups excluding carboxylic acids is 1. The number of piperazine rings is 1. The van der Waals surface area contributed by atoms with E-state index in [0.29, 0.717) is 19.1 Å². The Labute approximate surface area is 119 Å². The molecule has 1 heterocycles. The number of hydrogen-bond donors (Lipinski definition) is 0. The maximum Gasteiger partial charge on any atom is 0.222 e. The van der Waals surface area contributed by atoms with Crippen LogP contribution in [0.2, 0.25) is 0 Å². The Morgan fingerprint density at radius 2 is 1.74 bits per heavy atom. The summed E-state index contributed by atoms with van der Waals surface area (Å²) in [6, 6.07) is 0.588. The monoisotopic (exact) mass is 272 g/mol. The summed E-state index contributed by atoms with van der Waals surface area (Å²) >= 11 is 0. The highest BCUT2D eigenvalue weighted by molar-refractivity contribution is 5.76. The van der Waals surface area contributed by atoms with Crippen molar-refractivity contribution in [1.29, 1.82) is 0 Å². The van der Waals surface area contributed by atoms with Crippen LogP contribution in [0.25, 0.3) is 0 Å². The molecule has 4 heteroatoms. The zero-order chi connectivity index (χ0) is 14.7. The third-order valence-electron chi connectivity index (χ3n) is 3.28. The van der Waals surface area contributed by atoms with Crippen LogP contribution in [0.5, 0.6) is 0 Å². The SMILES string of the molecule is CC.CCOCCCC(=O)N1CCN(C(C)C)CC1. The second kappa shape index (κ2) is 11.2. The van der Waals surface area contributed by atoms with Gasteiger partial charge in [-0.1, -0.05) is 13.8 Å². The van der Waals surface area contributed by atoms with Crippen molar-refractivity contribution >= 4 is 5.91 Å². The average Bonchev–Trinajstić information content (AvgIpc) is 2.45. The average molecular weight is 272 g/mol. The number of carbonyl (C=O) groups is 1. The fraction of sp³-hybridized carbons (Fsp3) is 0.933. The quantitative estimate of drug-likeness (QED) is 0.696. The molecule has 19 heavy (non-hydrogen) atoms. The van der Waals surface area contributed by atoms with Crippen LogP contribution in [-0.4, -0.2) is 61.1 Å². The Morgan fingerprint density at radius 1 is 1.16 bits per heavy atom. The molecule has 0 spiro atoms. The van der Waals surface area contributed by atoms with Crippen LogP contribution in [-0.2, 0) is 9.53 Å². The molecule has 1 saturated heterocycles. The summed E-state index contributed by atoms with van der Waals surface area (Å²) in [5.74, 6) is 0.285. The van der Waals surface area contributed by atoms with E-state index in [1.807, 2.05) is 25.7 Å². The maximum atomic E-state index is 11.9. The zero-order valence-corrected chi connectivity index (χ0v) is 13.4. The van der Waals surface area contributed by atoms with Gasteiger partial charge >= 0.3 is 0 Å². The van der Waals surface area contributed by atoms with Crippen molar-refractivity contribution in [2.75, 3.05) is 39.4 Å². The number of rotatable bonds is 6. The molecule has 0 aliphatic carbocycles. The summed E-state index contributed by atoms with van der Waals surface area (Å²) in [6.07, 6.45) is 1.47. The first-order valence-electron chi connectivity index (χ1n) is 7.74. The predicted octanol–water partition coefficient (Wildman–Crippen LogP) is 2.38. The van der Waals surface area contributed by atoms with E-state index in [1.54, 1.807) is 0 Å². The van der Waals surface area contributed by atoms with E-state index in [2.05, 4.69) is 18.7 Å². The highest BCUT2D eigenvalue weighted by Crippen LogP contribution is 2.08. The first-order valence-corrected chi connectivity index (χ1v) is 7.74. The molecule has 0 N–H and O–H groups in total. The van der Waals surface area contributed by atoms with Gasteiger partial charge in [0, 0.05) is 51.9 Å². The molecule has 1 amide bonds. The lowest BCUT2D eigenvalue weighted by Gasteiger charge is -2.37. The Balaban J connectivity index is 0.00000154. The second-order valence-electron chi connectivity index (χ2n) is 4.81. The molecule has 0 atom stereocenters. The van der Waals surface area contributed by atoms with Crippen LogP contribution in [0.15, 0.2) is 0 Å². The van der Waals surface area contributed by atoms with Gasteiger partial charge in [0.1, 0.15) is 0 Å². The molecule has 1 aliphatic heterocycles. The van der Waals surface area contributed by atoms with Gasteiger partial charge in [-0.25, -0.2) is 0 Å². The highest BCUT2D eigenvalue weighted by Gasteiger charge is 2.21. The molecule has 114 valence electrons. The van der Waals surface area contributed by atoms with Gasteiger partial charge in [0.25, 0.3) is 0 Å². The topological polar surface area (TPSA) is 32.8 Å². The van der Waals surface area contributed by atoms with Crippen LogP contribution in [0, 0.1) is 0 Å². The van der Waals surface area contributed by atoms with Crippen LogP contribution >= 0.6 is 0 Å². The summed E-state index contributed by atoms with van der Waals surface area (Å²) in [5.41, 5.74) is 0. The molecule has 0 aromatic carbocycles. The van der Waals surface area contributed by atoms with Crippen molar-refractivity contribution in [3.8, 4) is 0 Å². The third-order valence-corrected chi connectivity index (χ3v) is 3.28. The van der Waals surface area contributed by atoms with Gasteiger partial charge in [0.05, 0.1) is 0 Å². The van der Waals surface area contributed by atoms with Crippen LogP contribution in [0.3, 0.4) is 0 Å². The molecule has 1 fully saturated rings. The standard InChI is InChI=1S/C13H26N2O2.C2H6/c1-4-17-11-5-6-13(16)15-9-7-14(8-10-15)12(2)3;1-2/h12H,4-11H2,1-3H3;1-2H3. The fourth-order valence-corrected chi connectivity index (χ4v) is 2.12. The van der Waals surface area contributed by atoms with Gasteiger partial charge in [-0.3, -0.25) is 9.69 Å². The van der Waals surface area contributed by atoms with Crippen molar-refractivity contribution in [2.45, 2.75) is 53.5 Å². The predicted molar refractivity (Wildman–Crippen MR) is 80.4 cm³/mol. The second-order valence-corrected chi connectivity index (χ2v) is 4.81. The van der Waals surface area contributed by atoms with Gasteiger partial charge in [0.2, 0.25) is 5.91 Å². The molecule has 0 unspecified atom stereocenters. The lowest BCUT2D eigenvalue weighted by atomic mass is 10.2. The smallest absolute Gasteiger partial charge is 0.222 e. The molecule has 1 rings (SSSR count). The van der Waals surface area contributed by atoms with Crippen LogP contribution < -0.4 is 0 Å². The molecule has 0 aromatic rings. The summed E-state index contributed by atoms with van der Waals surface area (Å²) in [6.45, 7) is 15.6. The Bertz CT molecular complexity index is 224. The number of nitrogens with zero attached hydrogens (tertiary/aromatic N) is 2. The lowest BCUT2D eigenvalue weighted by Crippen LogP contribution is -2.50. The van der Waals surface area contributed by atoms with Crippen LogP contribution in [0.1, 0.15) is 47.5 Å². The van der Waals surface area contributed by atoms with Gasteiger partial charge in [0.15, 0.2) is 0 Å². The van der Waals surface area contributed by atoms with Gasteiger partial charge in [-0.15, -0.1) is 0 Å². The third kappa shape index (κ3) is 7.53. The first-order chi connectivity index (χ1) is 9.15. The molecular weight excluding hydrogens is 240 g/mol. The molecule has 0 aromatic heterocycles. The number of amides is 1. The van der Waals surface area contributed by atoms with Crippen molar-refractivity contribution in [2.24, 2.45) is 0 Å². The van der Waals surface area contributed by atoms with Crippen LogP contribution in [0.4, 0.5) is 0 Å². The largest absolute Gasteiger partial charge is 0.382 e. The van der Waals surface area contributed by atoms with Gasteiger partial charge in [-0.2, -0.15) is 0 Å². The molecule has 4 nitrogen and oxygen atoms in total. The van der Waals surface area contributed by atoms with Crippen molar-refractivity contribution in [1.82, 2.24) is 9.80 Å².